The van der Waals surface area contributed by atoms with Crippen LogP contribution in [0, 0.1) is 0 Å². The number of hydrogen-bond acceptors (Lipinski definition) is 4. The molecule has 0 saturated carbocycles. The van der Waals surface area contributed by atoms with E-state index in [-0.39, 0.29) is 5.92 Å². The van der Waals surface area contributed by atoms with Crippen LogP contribution in [0.3, 0.4) is 0 Å². The van der Waals surface area contributed by atoms with Crippen molar-refractivity contribution in [1.29, 1.82) is 0 Å². The molecular formula is C22H16F3N3O2. The lowest BCUT2D eigenvalue weighted by Gasteiger charge is -2.12. The lowest BCUT2D eigenvalue weighted by molar-refractivity contribution is -0.137. The van der Waals surface area contributed by atoms with E-state index in [4.69, 9.17) is 9.47 Å². The molecule has 8 heteroatoms. The monoisotopic (exact) mass is 411 g/mol. The third-order valence-corrected chi connectivity index (χ3v) is 5.16. The molecule has 4 aromatic rings. The number of H-pyrrole nitrogens is 1. The molecule has 1 aliphatic rings. The lowest BCUT2D eigenvalue weighted by Crippen LogP contribution is -2.09. The topological polar surface area (TPSA) is 60.0 Å². The van der Waals surface area contributed by atoms with Crippen molar-refractivity contribution in [2.45, 2.75) is 25.1 Å². The summed E-state index contributed by atoms with van der Waals surface area (Å²) < 4.78 is 50.9. The number of ether oxygens (including phenoxy) is 2. The van der Waals surface area contributed by atoms with Gasteiger partial charge in [-0.1, -0.05) is 6.92 Å². The molecule has 30 heavy (non-hydrogen) atoms. The van der Waals surface area contributed by atoms with Gasteiger partial charge in [-0.25, -0.2) is 4.98 Å². The summed E-state index contributed by atoms with van der Waals surface area (Å²) in [5.74, 6) is 2.46. The van der Waals surface area contributed by atoms with Gasteiger partial charge in [0.2, 0.25) is 0 Å². The molecule has 1 aliphatic heterocycles. The van der Waals surface area contributed by atoms with Crippen molar-refractivity contribution >= 4 is 11.0 Å². The summed E-state index contributed by atoms with van der Waals surface area (Å²) >= 11 is 0. The molecule has 2 atom stereocenters. The van der Waals surface area contributed by atoms with Gasteiger partial charge in [0.05, 0.1) is 16.6 Å². The predicted octanol–water partition coefficient (Wildman–Crippen LogP) is 6.01. The van der Waals surface area contributed by atoms with Crippen molar-refractivity contribution in [3.05, 3.63) is 77.9 Å². The maximum Gasteiger partial charge on any atom is 0.416 e. The van der Waals surface area contributed by atoms with E-state index in [1.807, 2.05) is 25.1 Å². The highest BCUT2D eigenvalue weighted by Gasteiger charge is 2.35. The molecule has 3 heterocycles. The normalized spacial score (nSPS) is 18.3. The largest absolute Gasteiger partial charge is 0.482 e. The maximum absolute atomic E-state index is 13.0. The first kappa shape index (κ1) is 18.5. The van der Waals surface area contributed by atoms with Crippen LogP contribution in [0.1, 0.15) is 35.9 Å². The minimum absolute atomic E-state index is 0.0661. The molecule has 0 spiro atoms. The van der Waals surface area contributed by atoms with Gasteiger partial charge >= 0.3 is 6.18 Å². The molecule has 0 bridgehead atoms. The van der Waals surface area contributed by atoms with E-state index in [0.29, 0.717) is 34.1 Å². The number of nitrogens with zero attached hydrogens (tertiary/aromatic N) is 2. The number of alkyl halides is 3. The number of benzene rings is 2. The van der Waals surface area contributed by atoms with Gasteiger partial charge in [-0.15, -0.1) is 0 Å². The van der Waals surface area contributed by atoms with E-state index in [1.165, 1.54) is 6.07 Å². The number of halogens is 3. The predicted molar refractivity (Wildman–Crippen MR) is 104 cm³/mol. The summed E-state index contributed by atoms with van der Waals surface area (Å²) in [5, 5.41) is 0. The number of imidazole rings is 1. The molecule has 0 saturated heterocycles. The summed E-state index contributed by atoms with van der Waals surface area (Å²) in [6.07, 6.45) is -1.54. The first-order valence-electron chi connectivity index (χ1n) is 9.34. The Hall–Kier alpha value is -3.55. The van der Waals surface area contributed by atoms with E-state index in [1.54, 1.807) is 24.5 Å². The van der Waals surface area contributed by atoms with Crippen LogP contribution in [0.5, 0.6) is 17.2 Å². The molecule has 152 valence electrons. The fourth-order valence-corrected chi connectivity index (χ4v) is 3.63. The molecule has 0 amide bonds. The summed E-state index contributed by atoms with van der Waals surface area (Å²) in [7, 11) is 0. The van der Waals surface area contributed by atoms with Crippen LogP contribution in [-0.2, 0) is 6.18 Å². The van der Waals surface area contributed by atoms with E-state index in [9.17, 15) is 13.2 Å². The molecule has 2 aromatic carbocycles. The van der Waals surface area contributed by atoms with Crippen molar-refractivity contribution in [3.8, 4) is 17.2 Å². The smallest absolute Gasteiger partial charge is 0.416 e. The van der Waals surface area contributed by atoms with Crippen molar-refractivity contribution in [3.63, 3.8) is 0 Å². The molecule has 2 aromatic heterocycles. The number of nitrogens with one attached hydrogen (secondary N) is 1. The van der Waals surface area contributed by atoms with Crippen LogP contribution in [0.4, 0.5) is 13.2 Å². The second-order valence-corrected chi connectivity index (χ2v) is 7.16. The molecule has 0 aliphatic carbocycles. The minimum Gasteiger partial charge on any atom is -0.482 e. The average molecular weight is 411 g/mol. The molecule has 1 N–H and O–H groups in total. The van der Waals surface area contributed by atoms with Gasteiger partial charge in [-0.3, -0.25) is 4.98 Å². The third kappa shape index (κ3) is 3.24. The fraction of sp³-hybridized carbons (Fsp3) is 0.182. The standard InChI is InChI=1S/C22H16F3N3O2/c1-12-16-11-15(29-14-6-8-26-9-7-14)3-5-19(16)30-20(12)21-27-17-4-2-13(22(23,24)25)10-18(17)28-21/h2-12,20H,1H3,(H,27,28). The number of pyridine rings is 1. The number of fused-ring (bicyclic) bond motifs is 2. The van der Waals surface area contributed by atoms with Gasteiger partial charge in [0, 0.05) is 23.9 Å². The van der Waals surface area contributed by atoms with Crippen LogP contribution < -0.4 is 9.47 Å². The quantitative estimate of drug-likeness (QED) is 0.449. The van der Waals surface area contributed by atoms with Crippen molar-refractivity contribution < 1.29 is 22.6 Å². The number of aromatic nitrogens is 3. The zero-order chi connectivity index (χ0) is 20.9. The molecule has 5 nitrogen and oxygen atoms in total. The van der Waals surface area contributed by atoms with Crippen LogP contribution >= 0.6 is 0 Å². The van der Waals surface area contributed by atoms with E-state index in [0.717, 1.165) is 17.7 Å². The number of rotatable bonds is 3. The van der Waals surface area contributed by atoms with Crippen molar-refractivity contribution in [2.75, 3.05) is 0 Å². The van der Waals surface area contributed by atoms with E-state index in [2.05, 4.69) is 15.0 Å². The highest BCUT2D eigenvalue weighted by Crippen LogP contribution is 2.47. The van der Waals surface area contributed by atoms with Crippen molar-refractivity contribution in [2.24, 2.45) is 0 Å². The van der Waals surface area contributed by atoms with Gasteiger partial charge < -0.3 is 14.5 Å². The molecule has 5 rings (SSSR count). The van der Waals surface area contributed by atoms with E-state index < -0.39 is 17.8 Å². The Bertz CT molecular complexity index is 1220. The lowest BCUT2D eigenvalue weighted by atomic mass is 9.97. The summed E-state index contributed by atoms with van der Waals surface area (Å²) in [4.78, 5) is 11.4. The van der Waals surface area contributed by atoms with Gasteiger partial charge in [-0.05, 0) is 48.5 Å². The Morgan fingerprint density at radius 3 is 2.57 bits per heavy atom. The second kappa shape index (κ2) is 6.76. The van der Waals surface area contributed by atoms with Gasteiger partial charge in [0.25, 0.3) is 0 Å². The molecule has 2 unspecified atom stereocenters. The summed E-state index contributed by atoms with van der Waals surface area (Å²) in [6.45, 7) is 1.99. The zero-order valence-electron chi connectivity index (χ0n) is 15.8. The van der Waals surface area contributed by atoms with E-state index >= 15 is 0 Å². The highest BCUT2D eigenvalue weighted by atomic mass is 19.4. The van der Waals surface area contributed by atoms with Crippen LogP contribution in [0.2, 0.25) is 0 Å². The maximum atomic E-state index is 13.0. The highest BCUT2D eigenvalue weighted by molar-refractivity contribution is 5.76. The van der Waals surface area contributed by atoms with Gasteiger partial charge in [0.1, 0.15) is 23.1 Å². The van der Waals surface area contributed by atoms with Crippen molar-refractivity contribution in [1.82, 2.24) is 15.0 Å². The molecule has 0 fully saturated rings. The third-order valence-electron chi connectivity index (χ3n) is 5.16. The van der Waals surface area contributed by atoms with Gasteiger partial charge in [-0.2, -0.15) is 13.2 Å². The SMILES string of the molecule is CC1c2cc(Oc3ccncc3)ccc2OC1c1nc2ccc(C(F)(F)F)cc2[nH]1. The first-order valence-corrected chi connectivity index (χ1v) is 9.34. The van der Waals surface area contributed by atoms with Gasteiger partial charge in [0.15, 0.2) is 6.10 Å². The average Bonchev–Trinajstić information content (AvgIpc) is 3.28. The Morgan fingerprint density at radius 2 is 1.80 bits per heavy atom. The van der Waals surface area contributed by atoms with Crippen LogP contribution in [0.15, 0.2) is 60.9 Å². The Morgan fingerprint density at radius 1 is 1.00 bits per heavy atom. The Labute approximate surface area is 169 Å². The fourth-order valence-electron chi connectivity index (χ4n) is 3.63. The van der Waals surface area contributed by atoms with Crippen LogP contribution in [-0.4, -0.2) is 15.0 Å². The zero-order valence-corrected chi connectivity index (χ0v) is 15.8. The Kier molecular flexibility index (Phi) is 4.16. The summed E-state index contributed by atoms with van der Waals surface area (Å²) in [5.41, 5.74) is 1.02. The number of hydrogen-bond donors (Lipinski definition) is 1. The number of aromatic amines is 1. The second-order valence-electron chi connectivity index (χ2n) is 7.16. The first-order chi connectivity index (χ1) is 14.4. The summed E-state index contributed by atoms with van der Waals surface area (Å²) in [6, 6.07) is 12.5. The minimum atomic E-state index is -4.40. The van der Waals surface area contributed by atoms with Crippen LogP contribution in [0.25, 0.3) is 11.0 Å². The Balaban J connectivity index is 1.43. The molecular weight excluding hydrogens is 395 g/mol. The molecule has 0 radical (unpaired) electrons.